The summed E-state index contributed by atoms with van der Waals surface area (Å²) in [6.07, 6.45) is 1.54. The van der Waals surface area contributed by atoms with Gasteiger partial charge in [0, 0.05) is 17.1 Å². The van der Waals surface area contributed by atoms with Crippen molar-refractivity contribution in [3.8, 4) is 11.1 Å². The minimum atomic E-state index is 0. The van der Waals surface area contributed by atoms with Gasteiger partial charge in [0.05, 0.1) is 0 Å². The van der Waals surface area contributed by atoms with Gasteiger partial charge >= 0.3 is 0 Å². The molecule has 104 valence electrons. The third-order valence-corrected chi connectivity index (χ3v) is 2.70. The normalized spacial score (nSPS) is 9.05. The van der Waals surface area contributed by atoms with Crippen molar-refractivity contribution in [3.05, 3.63) is 78.8 Å². The molecule has 3 rings (SSSR count). The Morgan fingerprint density at radius 1 is 0.947 bits per heavy atom. The van der Waals surface area contributed by atoms with Crippen LogP contribution in [0.2, 0.25) is 0 Å². The molecule has 3 aromatic rings. The molecule has 4 heteroatoms. The molecule has 2 aromatic carbocycles. The van der Waals surface area contributed by atoms with E-state index in [2.05, 4.69) is 12.1 Å². The van der Waals surface area contributed by atoms with Crippen molar-refractivity contribution < 1.29 is 26.0 Å². The Kier molecular flexibility index (Phi) is 7.69. The molecule has 0 aliphatic heterocycles. The molecule has 1 aromatic heterocycles. The van der Waals surface area contributed by atoms with E-state index in [0.717, 1.165) is 5.56 Å². The largest absolute Gasteiger partial charge is 0.748 e. The van der Waals surface area contributed by atoms with E-state index >= 15 is 0 Å². The summed E-state index contributed by atoms with van der Waals surface area (Å²) < 4.78 is 9.46. The average Bonchev–Trinajstić information content (AvgIpc) is 3.05. The minimum Gasteiger partial charge on any atom is -0.748 e. The van der Waals surface area contributed by atoms with Gasteiger partial charge in [0.1, 0.15) is 6.26 Å². The van der Waals surface area contributed by atoms with Gasteiger partial charge in [0.2, 0.25) is 0 Å². The monoisotopic (exact) mass is 312 g/mol. The van der Waals surface area contributed by atoms with E-state index in [1.807, 2.05) is 60.4 Å². The second-order valence-corrected chi connectivity index (χ2v) is 4.14. The summed E-state index contributed by atoms with van der Waals surface area (Å²) in [4.78, 5) is 0. The van der Waals surface area contributed by atoms with Gasteiger partial charge < -0.3 is 34.9 Å². The van der Waals surface area contributed by atoms with Crippen LogP contribution in [0, 0.1) is 0 Å². The second kappa shape index (κ2) is 9.41. The SMILES string of the molecule is [Fe].[cH-]1[cH-][cH-][cH-][cH-]1.c1cc[c-](-c2ccoopcc2)c1. The summed E-state index contributed by atoms with van der Waals surface area (Å²) in [5.74, 6) is 1.89. The second-order valence-electron chi connectivity index (χ2n) is 3.49. The van der Waals surface area contributed by atoms with E-state index in [1.165, 1.54) is 5.56 Å². The molecule has 0 bridgehead atoms. The number of rotatable bonds is 1. The molecule has 0 aliphatic carbocycles. The van der Waals surface area contributed by atoms with Crippen LogP contribution in [-0.2, 0) is 17.1 Å². The Morgan fingerprint density at radius 2 is 1.58 bits per heavy atom. The smallest absolute Gasteiger partial charge is 0.175 e. The minimum absolute atomic E-state index is 0. The number of hydrogen-bond donors (Lipinski definition) is 0. The Bertz CT molecular complexity index is 526. The van der Waals surface area contributed by atoms with Crippen molar-refractivity contribution in [2.24, 2.45) is 0 Å². The third kappa shape index (κ3) is 5.76. The van der Waals surface area contributed by atoms with E-state index in [-0.39, 0.29) is 17.1 Å². The van der Waals surface area contributed by atoms with Crippen LogP contribution >= 0.6 is 8.43 Å². The van der Waals surface area contributed by atoms with Gasteiger partial charge in [-0.25, -0.2) is 0 Å². The average molecular weight is 312 g/mol. The zero-order valence-electron chi connectivity index (χ0n) is 10.1. The van der Waals surface area contributed by atoms with Crippen molar-refractivity contribution >= 4 is 8.43 Å². The molecule has 0 radical (unpaired) electrons. The summed E-state index contributed by atoms with van der Waals surface area (Å²) >= 11 is 0. The van der Waals surface area contributed by atoms with E-state index in [9.17, 15) is 0 Å². The Balaban J connectivity index is 0.000000256. The molecule has 1 heterocycles. The predicted octanol–water partition coefficient (Wildman–Crippen LogP) is 5.37. The molecule has 0 spiro atoms. The summed E-state index contributed by atoms with van der Waals surface area (Å²) in [5.41, 5.74) is 2.31. The maximum absolute atomic E-state index is 4.74. The van der Waals surface area contributed by atoms with Crippen LogP contribution in [0.3, 0.4) is 0 Å². The van der Waals surface area contributed by atoms with Crippen molar-refractivity contribution in [1.29, 1.82) is 0 Å². The van der Waals surface area contributed by atoms with Gasteiger partial charge in [-0.1, -0.05) is 11.6 Å². The van der Waals surface area contributed by atoms with Gasteiger partial charge in [0.25, 0.3) is 0 Å². The summed E-state index contributed by atoms with van der Waals surface area (Å²) in [7, 11) is 0.706. The van der Waals surface area contributed by atoms with E-state index in [0.29, 0.717) is 8.43 Å². The molecule has 0 aliphatic rings. The molecular weight excluding hydrogens is 299 g/mol. The Labute approximate surface area is 124 Å². The molecule has 0 unspecified atom stereocenters. The fourth-order valence-electron chi connectivity index (χ4n) is 1.42. The summed E-state index contributed by atoms with van der Waals surface area (Å²) in [6, 6.07) is 22.0. The molecule has 0 saturated carbocycles. The Hall–Kier alpha value is -1.53. The first-order chi connectivity index (χ1) is 8.97. The van der Waals surface area contributed by atoms with Gasteiger partial charge in [-0.3, -0.25) is 4.36 Å². The van der Waals surface area contributed by atoms with Gasteiger partial charge in [0.15, 0.2) is 8.43 Å². The van der Waals surface area contributed by atoms with Crippen LogP contribution in [-0.4, -0.2) is 0 Å². The van der Waals surface area contributed by atoms with Crippen molar-refractivity contribution in [2.45, 2.75) is 0 Å². The standard InChI is InChI=1S/C10H8O2P.C5H5.Fe/c1-2-4-9(3-1)10-5-7-11-12-13-8-6-10;1-2-4-5-3-1;/h1-8H;1-5H;/q-1;-5;. The third-order valence-electron chi connectivity index (χ3n) is 2.26. The van der Waals surface area contributed by atoms with E-state index in [4.69, 9.17) is 8.93 Å². The van der Waals surface area contributed by atoms with Crippen LogP contribution in [0.1, 0.15) is 0 Å². The first kappa shape index (κ1) is 15.5. The van der Waals surface area contributed by atoms with Crippen LogP contribution in [0.15, 0.2) is 87.7 Å². The first-order valence-electron chi connectivity index (χ1n) is 5.58. The van der Waals surface area contributed by atoms with Crippen molar-refractivity contribution in [1.82, 2.24) is 0 Å². The molecule has 0 amide bonds. The Morgan fingerprint density at radius 3 is 2.21 bits per heavy atom. The zero-order valence-corrected chi connectivity index (χ0v) is 12.1. The van der Waals surface area contributed by atoms with Crippen molar-refractivity contribution in [3.63, 3.8) is 0 Å². The van der Waals surface area contributed by atoms with Crippen LogP contribution in [0.25, 0.3) is 11.1 Å². The quantitative estimate of drug-likeness (QED) is 0.343. The fourth-order valence-corrected chi connectivity index (χ4v) is 1.79. The van der Waals surface area contributed by atoms with E-state index < -0.39 is 0 Å². The van der Waals surface area contributed by atoms with Gasteiger partial charge in [-0.05, 0) is 5.80 Å². The predicted molar refractivity (Wildman–Crippen MR) is 74.2 cm³/mol. The molecule has 19 heavy (non-hydrogen) atoms. The first-order valence-corrected chi connectivity index (χ1v) is 6.46. The van der Waals surface area contributed by atoms with E-state index in [1.54, 1.807) is 6.26 Å². The summed E-state index contributed by atoms with van der Waals surface area (Å²) in [5, 5.41) is 0. The van der Waals surface area contributed by atoms with Gasteiger partial charge in [-0.2, -0.15) is 12.1 Å². The van der Waals surface area contributed by atoms with Crippen LogP contribution in [0.4, 0.5) is 0 Å². The maximum atomic E-state index is 4.74. The van der Waals surface area contributed by atoms with Crippen LogP contribution < -0.4 is 0 Å². The molecule has 0 fully saturated rings. The summed E-state index contributed by atoms with van der Waals surface area (Å²) in [6.45, 7) is 0. The molecule has 0 saturated heterocycles. The zero-order chi connectivity index (χ0) is 12.5. The van der Waals surface area contributed by atoms with Gasteiger partial charge in [-0.15, -0.1) is 23.8 Å². The number of hydrogen-bond acceptors (Lipinski definition) is 2. The molecule has 2 nitrogen and oxygen atoms in total. The molecular formula is C15H13FeO2P-6. The topological polar surface area (TPSA) is 26.3 Å². The molecule has 0 N–H and O–H groups in total. The fraction of sp³-hybridized carbons (Fsp3) is 0. The molecule has 0 atom stereocenters. The van der Waals surface area contributed by atoms with Crippen LogP contribution in [0.5, 0.6) is 0 Å². The maximum Gasteiger partial charge on any atom is 0.175 e. The van der Waals surface area contributed by atoms with Crippen molar-refractivity contribution in [2.75, 3.05) is 0 Å².